The first kappa shape index (κ1) is 16.8. The Morgan fingerprint density at radius 2 is 2.25 bits per heavy atom. The number of hydrogen-bond acceptors (Lipinski definition) is 3. The Kier molecular flexibility index (Phi) is 5.36. The van der Waals surface area contributed by atoms with Gasteiger partial charge in [0.2, 0.25) is 5.91 Å². The third-order valence-corrected chi connectivity index (χ3v) is 4.81. The predicted molar refractivity (Wildman–Crippen MR) is 97.5 cm³/mol. The number of nitrogens with zero attached hydrogens (tertiary/aromatic N) is 2. The van der Waals surface area contributed by atoms with Crippen LogP contribution in [0.15, 0.2) is 42.6 Å². The van der Waals surface area contributed by atoms with Crippen LogP contribution >= 0.6 is 11.6 Å². The summed E-state index contributed by atoms with van der Waals surface area (Å²) in [6.45, 7) is 3.73. The molecule has 1 aliphatic rings. The Labute approximate surface area is 147 Å². The molecular weight excluding hydrogens is 322 g/mol. The molecule has 1 N–H and O–H groups in total. The zero-order valence-corrected chi connectivity index (χ0v) is 14.6. The number of aryl methyl sites for hydroxylation is 2. The Bertz CT molecular complexity index is 705. The summed E-state index contributed by atoms with van der Waals surface area (Å²) in [5.41, 5.74) is 2.20. The van der Waals surface area contributed by atoms with E-state index in [0.29, 0.717) is 6.42 Å². The smallest absolute Gasteiger partial charge is 0.220 e. The molecule has 0 bridgehead atoms. The first-order valence-corrected chi connectivity index (χ1v) is 8.70. The number of amides is 1. The largest absolute Gasteiger partial charge is 0.354 e. The molecule has 1 unspecified atom stereocenters. The minimum absolute atomic E-state index is 0.107. The van der Waals surface area contributed by atoms with Crippen LogP contribution in [0.1, 0.15) is 24.0 Å². The lowest BCUT2D eigenvalue weighted by Gasteiger charge is -2.17. The number of carbonyl (C=O) groups is 1. The topological polar surface area (TPSA) is 45.2 Å². The van der Waals surface area contributed by atoms with E-state index in [2.05, 4.69) is 15.2 Å². The van der Waals surface area contributed by atoms with Gasteiger partial charge in [-0.3, -0.25) is 4.79 Å². The third kappa shape index (κ3) is 4.26. The van der Waals surface area contributed by atoms with Crippen molar-refractivity contribution >= 4 is 23.3 Å². The number of anilines is 1. The van der Waals surface area contributed by atoms with Crippen LogP contribution < -0.4 is 10.2 Å². The number of pyridine rings is 1. The lowest BCUT2D eigenvalue weighted by atomic mass is 10.1. The molecule has 0 spiro atoms. The van der Waals surface area contributed by atoms with Crippen molar-refractivity contribution < 1.29 is 4.79 Å². The fraction of sp³-hybridized carbons (Fsp3) is 0.368. The molecular formula is C19H22ClN3O. The van der Waals surface area contributed by atoms with Gasteiger partial charge < -0.3 is 10.2 Å². The highest BCUT2D eigenvalue weighted by Gasteiger charge is 2.24. The van der Waals surface area contributed by atoms with Crippen LogP contribution in [0.4, 0.5) is 5.82 Å². The number of aromatic nitrogens is 1. The molecule has 1 aliphatic heterocycles. The molecule has 2 aromatic rings. The number of nitrogens with one attached hydrogen (secondary N) is 1. The summed E-state index contributed by atoms with van der Waals surface area (Å²) in [6, 6.07) is 12.0. The van der Waals surface area contributed by atoms with Crippen LogP contribution in [0.2, 0.25) is 5.02 Å². The number of hydrogen-bond donors (Lipinski definition) is 1. The van der Waals surface area contributed by atoms with Gasteiger partial charge in [-0.05, 0) is 49.1 Å². The molecule has 1 aromatic heterocycles. The molecule has 24 heavy (non-hydrogen) atoms. The standard InChI is InChI=1S/C19H22ClN3O/c1-14-12-15(5-7-17(14)20)6-8-19(24)22-16-9-11-23(13-16)18-4-2-3-10-21-18/h2-5,7,10,12,16H,6,8-9,11,13H2,1H3,(H,22,24). The highest BCUT2D eigenvalue weighted by Crippen LogP contribution is 2.18. The Morgan fingerprint density at radius 1 is 1.38 bits per heavy atom. The van der Waals surface area contributed by atoms with Crippen molar-refractivity contribution in [2.75, 3.05) is 18.0 Å². The maximum absolute atomic E-state index is 12.2. The summed E-state index contributed by atoms with van der Waals surface area (Å²) in [5.74, 6) is 1.08. The number of carbonyl (C=O) groups excluding carboxylic acids is 1. The summed E-state index contributed by atoms with van der Waals surface area (Å²) in [4.78, 5) is 18.8. The normalized spacial score (nSPS) is 17.1. The average Bonchev–Trinajstić information content (AvgIpc) is 3.05. The lowest BCUT2D eigenvalue weighted by molar-refractivity contribution is -0.121. The summed E-state index contributed by atoms with van der Waals surface area (Å²) >= 11 is 6.03. The van der Waals surface area contributed by atoms with Gasteiger partial charge in [-0.15, -0.1) is 0 Å². The van der Waals surface area contributed by atoms with E-state index in [1.165, 1.54) is 0 Å². The van der Waals surface area contributed by atoms with E-state index >= 15 is 0 Å². The van der Waals surface area contributed by atoms with Crippen LogP contribution in [0.3, 0.4) is 0 Å². The van der Waals surface area contributed by atoms with E-state index in [-0.39, 0.29) is 11.9 Å². The van der Waals surface area contributed by atoms with Crippen LogP contribution in [0, 0.1) is 6.92 Å². The van der Waals surface area contributed by atoms with Crippen molar-refractivity contribution in [3.8, 4) is 0 Å². The highest BCUT2D eigenvalue weighted by molar-refractivity contribution is 6.31. The molecule has 0 radical (unpaired) electrons. The number of rotatable bonds is 5. The van der Waals surface area contributed by atoms with E-state index in [0.717, 1.165) is 47.9 Å². The molecule has 0 aliphatic carbocycles. The number of halogens is 1. The van der Waals surface area contributed by atoms with Gasteiger partial charge in [-0.1, -0.05) is 29.8 Å². The van der Waals surface area contributed by atoms with E-state index in [1.807, 2.05) is 43.3 Å². The fourth-order valence-corrected chi connectivity index (χ4v) is 3.16. The van der Waals surface area contributed by atoms with Gasteiger partial charge in [-0.2, -0.15) is 0 Å². The fourth-order valence-electron chi connectivity index (χ4n) is 3.05. The third-order valence-electron chi connectivity index (χ3n) is 4.39. The highest BCUT2D eigenvalue weighted by atomic mass is 35.5. The average molecular weight is 344 g/mol. The molecule has 2 heterocycles. The second-order valence-electron chi connectivity index (χ2n) is 6.27. The molecule has 0 saturated carbocycles. The summed E-state index contributed by atoms with van der Waals surface area (Å²) in [7, 11) is 0. The zero-order chi connectivity index (χ0) is 16.9. The molecule has 5 heteroatoms. The van der Waals surface area contributed by atoms with Crippen molar-refractivity contribution in [1.29, 1.82) is 0 Å². The van der Waals surface area contributed by atoms with Crippen LogP contribution in [-0.4, -0.2) is 30.0 Å². The molecule has 1 atom stereocenters. The molecule has 126 valence electrons. The Balaban J connectivity index is 1.46. The van der Waals surface area contributed by atoms with Crippen molar-refractivity contribution in [2.24, 2.45) is 0 Å². The van der Waals surface area contributed by atoms with E-state index in [1.54, 1.807) is 6.20 Å². The first-order chi connectivity index (χ1) is 11.6. The quantitative estimate of drug-likeness (QED) is 0.905. The van der Waals surface area contributed by atoms with Crippen LogP contribution in [0.25, 0.3) is 0 Å². The van der Waals surface area contributed by atoms with Gasteiger partial charge in [0.05, 0.1) is 0 Å². The van der Waals surface area contributed by atoms with Gasteiger partial charge in [0.1, 0.15) is 5.82 Å². The van der Waals surface area contributed by atoms with E-state index in [9.17, 15) is 4.79 Å². The second kappa shape index (κ2) is 7.67. The van der Waals surface area contributed by atoms with Crippen LogP contribution in [0.5, 0.6) is 0 Å². The minimum Gasteiger partial charge on any atom is -0.354 e. The molecule has 1 saturated heterocycles. The second-order valence-corrected chi connectivity index (χ2v) is 6.68. The maximum atomic E-state index is 12.2. The van der Waals surface area contributed by atoms with E-state index < -0.39 is 0 Å². The monoisotopic (exact) mass is 343 g/mol. The molecule has 4 nitrogen and oxygen atoms in total. The van der Waals surface area contributed by atoms with Crippen molar-refractivity contribution in [1.82, 2.24) is 10.3 Å². The van der Waals surface area contributed by atoms with Gasteiger partial charge >= 0.3 is 0 Å². The molecule has 1 fully saturated rings. The van der Waals surface area contributed by atoms with Gasteiger partial charge in [-0.25, -0.2) is 4.98 Å². The summed E-state index contributed by atoms with van der Waals surface area (Å²) < 4.78 is 0. The van der Waals surface area contributed by atoms with Crippen molar-refractivity contribution in [2.45, 2.75) is 32.2 Å². The first-order valence-electron chi connectivity index (χ1n) is 8.32. The lowest BCUT2D eigenvalue weighted by Crippen LogP contribution is -2.37. The maximum Gasteiger partial charge on any atom is 0.220 e. The zero-order valence-electron chi connectivity index (χ0n) is 13.8. The summed E-state index contributed by atoms with van der Waals surface area (Å²) in [5, 5.41) is 3.91. The Hall–Kier alpha value is -2.07. The van der Waals surface area contributed by atoms with Crippen molar-refractivity contribution in [3.63, 3.8) is 0 Å². The van der Waals surface area contributed by atoms with E-state index in [4.69, 9.17) is 11.6 Å². The van der Waals surface area contributed by atoms with Gasteiger partial charge in [0.25, 0.3) is 0 Å². The molecule has 1 amide bonds. The molecule has 3 rings (SSSR count). The number of benzene rings is 1. The minimum atomic E-state index is 0.107. The molecule has 1 aromatic carbocycles. The van der Waals surface area contributed by atoms with Gasteiger partial charge in [0.15, 0.2) is 0 Å². The summed E-state index contributed by atoms with van der Waals surface area (Å²) in [6.07, 6.45) is 4.00. The van der Waals surface area contributed by atoms with Crippen molar-refractivity contribution in [3.05, 3.63) is 58.7 Å². The van der Waals surface area contributed by atoms with Gasteiger partial charge in [0, 0.05) is 36.8 Å². The Morgan fingerprint density at radius 3 is 3.00 bits per heavy atom. The predicted octanol–water partition coefficient (Wildman–Crippen LogP) is 3.37. The SMILES string of the molecule is Cc1cc(CCC(=O)NC2CCN(c3ccccn3)C2)ccc1Cl. The van der Waals surface area contributed by atoms with Crippen LogP contribution in [-0.2, 0) is 11.2 Å².